The lowest BCUT2D eigenvalue weighted by Gasteiger charge is -2.00. The third kappa shape index (κ3) is 3.68. The van der Waals surface area contributed by atoms with Crippen molar-refractivity contribution in [2.45, 2.75) is 20.8 Å². The van der Waals surface area contributed by atoms with E-state index in [0.717, 1.165) is 22.7 Å². The van der Waals surface area contributed by atoms with E-state index in [1.807, 2.05) is 56.3 Å². The number of rotatable bonds is 4. The van der Waals surface area contributed by atoms with Crippen molar-refractivity contribution in [3.8, 4) is 5.69 Å². The van der Waals surface area contributed by atoms with Gasteiger partial charge < -0.3 is 0 Å². The summed E-state index contributed by atoms with van der Waals surface area (Å²) in [7, 11) is 0. The van der Waals surface area contributed by atoms with E-state index >= 15 is 0 Å². The Bertz CT molecular complexity index is 1030. The maximum absolute atomic E-state index is 12.8. The molecule has 132 valence electrons. The Labute approximate surface area is 156 Å². The Morgan fingerprint density at radius 3 is 2.23 bits per heavy atom. The topological polar surface area (TPSA) is 62.5 Å². The molecule has 3 aromatic rings. The molecule has 5 nitrogen and oxygen atoms in total. The minimum atomic E-state index is -0.144. The smallest absolute Gasteiger partial charge is 0.280 e. The molecule has 0 aliphatic carbocycles. The third-order valence-electron chi connectivity index (χ3n) is 4.06. The van der Waals surface area contributed by atoms with Gasteiger partial charge in [-0.2, -0.15) is 10.2 Å². The number of aromatic amines is 1. The fourth-order valence-corrected chi connectivity index (χ4v) is 2.81. The summed E-state index contributed by atoms with van der Waals surface area (Å²) in [5.41, 5.74) is 4.15. The van der Waals surface area contributed by atoms with Crippen LogP contribution in [0.3, 0.4) is 0 Å². The van der Waals surface area contributed by atoms with Gasteiger partial charge in [0.2, 0.25) is 0 Å². The first-order valence-electron chi connectivity index (χ1n) is 8.19. The normalized spacial score (nSPS) is 12.5. The molecule has 0 bridgehead atoms. The van der Waals surface area contributed by atoms with Gasteiger partial charge >= 0.3 is 0 Å². The summed E-state index contributed by atoms with van der Waals surface area (Å²) in [6, 6.07) is 16.8. The van der Waals surface area contributed by atoms with Gasteiger partial charge in [0.15, 0.2) is 0 Å². The van der Waals surface area contributed by atoms with E-state index in [2.05, 4.69) is 15.3 Å². The summed E-state index contributed by atoms with van der Waals surface area (Å²) >= 11 is 5.90. The van der Waals surface area contributed by atoms with Crippen LogP contribution in [0.1, 0.15) is 30.7 Å². The standard InChI is InChI=1S/C20H19ClN4O/c1-13(16-9-11-17(21)12-10-16)22-23-14(2)19-15(3)24-25(20(19)26)18-7-5-4-6-8-18/h4-12,24H,1-3H3. The summed E-state index contributed by atoms with van der Waals surface area (Å²) < 4.78 is 1.51. The molecule has 0 saturated heterocycles. The zero-order valence-corrected chi connectivity index (χ0v) is 15.6. The second-order valence-corrected chi connectivity index (χ2v) is 6.40. The van der Waals surface area contributed by atoms with Crippen LogP contribution in [0.2, 0.25) is 5.02 Å². The molecule has 0 unspecified atom stereocenters. The Hall–Kier alpha value is -2.92. The maximum atomic E-state index is 12.8. The van der Waals surface area contributed by atoms with Gasteiger partial charge in [0.25, 0.3) is 5.56 Å². The molecule has 26 heavy (non-hydrogen) atoms. The Morgan fingerprint density at radius 2 is 1.58 bits per heavy atom. The summed E-state index contributed by atoms with van der Waals surface area (Å²) in [5.74, 6) is 0. The van der Waals surface area contributed by atoms with Crippen molar-refractivity contribution in [1.29, 1.82) is 0 Å². The maximum Gasteiger partial charge on any atom is 0.280 e. The number of nitrogens with zero attached hydrogens (tertiary/aromatic N) is 3. The van der Waals surface area contributed by atoms with Crippen molar-refractivity contribution in [3.63, 3.8) is 0 Å². The number of aryl methyl sites for hydroxylation is 1. The van der Waals surface area contributed by atoms with Gasteiger partial charge in [0.1, 0.15) is 0 Å². The monoisotopic (exact) mass is 366 g/mol. The van der Waals surface area contributed by atoms with Crippen molar-refractivity contribution < 1.29 is 0 Å². The van der Waals surface area contributed by atoms with Crippen LogP contribution in [0.15, 0.2) is 69.6 Å². The van der Waals surface area contributed by atoms with Gasteiger partial charge in [-0.15, -0.1) is 0 Å². The van der Waals surface area contributed by atoms with Gasteiger partial charge in [0, 0.05) is 10.7 Å². The van der Waals surface area contributed by atoms with E-state index in [0.29, 0.717) is 16.3 Å². The molecule has 0 atom stereocenters. The van der Waals surface area contributed by atoms with Crippen molar-refractivity contribution >= 4 is 23.0 Å². The van der Waals surface area contributed by atoms with Gasteiger partial charge in [-0.25, -0.2) is 4.68 Å². The molecule has 3 rings (SSSR count). The molecule has 0 spiro atoms. The summed E-state index contributed by atoms with van der Waals surface area (Å²) in [4.78, 5) is 12.8. The SMILES string of the molecule is CC(=NN=C(C)c1c(C)[nH]n(-c2ccccc2)c1=O)c1ccc(Cl)cc1. The minimum Gasteiger partial charge on any atom is -0.295 e. The quantitative estimate of drug-likeness (QED) is 0.541. The molecule has 0 saturated carbocycles. The van der Waals surface area contributed by atoms with Gasteiger partial charge in [-0.1, -0.05) is 41.9 Å². The van der Waals surface area contributed by atoms with Crippen LogP contribution >= 0.6 is 11.6 Å². The zero-order valence-electron chi connectivity index (χ0n) is 14.8. The summed E-state index contributed by atoms with van der Waals surface area (Å²) in [6.45, 7) is 5.50. The van der Waals surface area contributed by atoms with Crippen LogP contribution in [0.4, 0.5) is 0 Å². The number of nitrogens with one attached hydrogen (secondary N) is 1. The van der Waals surface area contributed by atoms with E-state index < -0.39 is 0 Å². The van der Waals surface area contributed by atoms with Crippen molar-refractivity contribution in [3.05, 3.63) is 86.8 Å². The average Bonchev–Trinajstić information content (AvgIpc) is 2.95. The number of halogens is 1. The Morgan fingerprint density at radius 1 is 0.962 bits per heavy atom. The summed E-state index contributed by atoms with van der Waals surface area (Å²) in [5, 5.41) is 12.3. The minimum absolute atomic E-state index is 0.144. The zero-order chi connectivity index (χ0) is 18.7. The van der Waals surface area contributed by atoms with Crippen LogP contribution in [-0.4, -0.2) is 21.2 Å². The van der Waals surface area contributed by atoms with Crippen LogP contribution in [0.5, 0.6) is 0 Å². The molecule has 0 amide bonds. The fourth-order valence-electron chi connectivity index (χ4n) is 2.68. The highest BCUT2D eigenvalue weighted by atomic mass is 35.5. The fraction of sp³-hybridized carbons (Fsp3) is 0.150. The second kappa shape index (κ2) is 7.54. The number of hydrogen-bond donors (Lipinski definition) is 1. The lowest BCUT2D eigenvalue weighted by atomic mass is 10.1. The van der Waals surface area contributed by atoms with Crippen molar-refractivity contribution in [2.75, 3.05) is 0 Å². The first kappa shape index (κ1) is 17.9. The van der Waals surface area contributed by atoms with Gasteiger partial charge in [-0.05, 0) is 50.6 Å². The summed E-state index contributed by atoms with van der Waals surface area (Å²) in [6.07, 6.45) is 0. The number of aromatic nitrogens is 2. The van der Waals surface area contributed by atoms with Crippen molar-refractivity contribution in [1.82, 2.24) is 9.78 Å². The molecule has 1 aromatic heterocycles. The molecular weight excluding hydrogens is 348 g/mol. The first-order chi connectivity index (χ1) is 12.5. The highest BCUT2D eigenvalue weighted by molar-refractivity contribution is 6.30. The lowest BCUT2D eigenvalue weighted by molar-refractivity contribution is 0.835. The lowest BCUT2D eigenvalue weighted by Crippen LogP contribution is -2.19. The van der Waals surface area contributed by atoms with Crippen LogP contribution in [0, 0.1) is 6.92 Å². The van der Waals surface area contributed by atoms with E-state index in [1.54, 1.807) is 19.1 Å². The van der Waals surface area contributed by atoms with Crippen LogP contribution in [0.25, 0.3) is 5.69 Å². The Kier molecular flexibility index (Phi) is 5.19. The molecule has 0 fully saturated rings. The predicted molar refractivity (Wildman–Crippen MR) is 107 cm³/mol. The van der Waals surface area contributed by atoms with E-state index in [1.165, 1.54) is 4.68 Å². The number of H-pyrrole nitrogens is 1. The van der Waals surface area contributed by atoms with Gasteiger partial charge in [0.05, 0.1) is 22.7 Å². The van der Waals surface area contributed by atoms with E-state index in [4.69, 9.17) is 11.6 Å². The molecule has 1 N–H and O–H groups in total. The van der Waals surface area contributed by atoms with Crippen LogP contribution < -0.4 is 5.56 Å². The molecule has 0 aliphatic rings. The molecule has 6 heteroatoms. The second-order valence-electron chi connectivity index (χ2n) is 5.97. The molecule has 2 aromatic carbocycles. The Balaban J connectivity index is 1.95. The third-order valence-corrected chi connectivity index (χ3v) is 4.31. The highest BCUT2D eigenvalue weighted by Gasteiger charge is 2.15. The van der Waals surface area contributed by atoms with Crippen molar-refractivity contribution in [2.24, 2.45) is 10.2 Å². The van der Waals surface area contributed by atoms with Gasteiger partial charge in [-0.3, -0.25) is 9.89 Å². The van der Waals surface area contributed by atoms with Crippen LogP contribution in [-0.2, 0) is 0 Å². The molecule has 1 heterocycles. The molecule has 0 aliphatic heterocycles. The largest absolute Gasteiger partial charge is 0.295 e. The molecular formula is C20H19ClN4O. The average molecular weight is 367 g/mol. The first-order valence-corrected chi connectivity index (χ1v) is 8.57. The number of benzene rings is 2. The van der Waals surface area contributed by atoms with E-state index in [-0.39, 0.29) is 5.56 Å². The highest BCUT2D eigenvalue weighted by Crippen LogP contribution is 2.11. The number of para-hydroxylation sites is 1. The molecule has 0 radical (unpaired) electrons. The predicted octanol–water partition coefficient (Wildman–Crippen LogP) is 4.36. The van der Waals surface area contributed by atoms with E-state index in [9.17, 15) is 4.79 Å². The number of hydrogen-bond acceptors (Lipinski definition) is 3.